The summed E-state index contributed by atoms with van der Waals surface area (Å²) in [6, 6.07) is 0.810. The van der Waals surface area contributed by atoms with Crippen molar-refractivity contribution in [3.05, 3.63) is 0 Å². The smallest absolute Gasteiger partial charge is 0.00702 e. The highest BCUT2D eigenvalue weighted by Gasteiger charge is 2.38. The van der Waals surface area contributed by atoms with E-state index in [0.29, 0.717) is 5.41 Å². The summed E-state index contributed by atoms with van der Waals surface area (Å²) in [5.41, 5.74) is 0.590. The lowest BCUT2D eigenvalue weighted by Crippen LogP contribution is -2.43. The Bertz CT molecular complexity index is 221. The summed E-state index contributed by atoms with van der Waals surface area (Å²) in [4.78, 5) is 2.74. The Morgan fingerprint density at radius 1 is 1.25 bits per heavy atom. The van der Waals surface area contributed by atoms with Crippen LogP contribution in [-0.2, 0) is 0 Å². The molecule has 2 aliphatic rings. The van der Waals surface area contributed by atoms with Crippen molar-refractivity contribution in [2.75, 3.05) is 26.7 Å². The molecule has 0 bridgehead atoms. The van der Waals surface area contributed by atoms with Gasteiger partial charge < -0.3 is 5.32 Å². The van der Waals surface area contributed by atoms with E-state index >= 15 is 0 Å². The maximum atomic E-state index is 3.42. The first-order chi connectivity index (χ1) is 7.65. The molecular formula is C14H28N2. The number of nitrogens with one attached hydrogen (secondary N) is 1. The van der Waals surface area contributed by atoms with E-state index in [1.165, 1.54) is 51.7 Å². The Morgan fingerprint density at radius 3 is 2.44 bits per heavy atom. The first kappa shape index (κ1) is 12.4. The van der Waals surface area contributed by atoms with Gasteiger partial charge in [-0.25, -0.2) is 0 Å². The third-order valence-corrected chi connectivity index (χ3v) is 4.67. The molecule has 1 heterocycles. The standard InChI is InChI=1S/C14H28N2/c1-12-8-13(2)16(9-12)11-14(10-15-3)6-4-5-7-14/h12-13,15H,4-11H2,1-3H3. The second kappa shape index (κ2) is 5.05. The molecule has 0 aromatic rings. The molecule has 2 fully saturated rings. The molecule has 0 amide bonds. The lowest BCUT2D eigenvalue weighted by Gasteiger charge is -2.35. The van der Waals surface area contributed by atoms with E-state index in [0.717, 1.165) is 12.0 Å². The van der Waals surface area contributed by atoms with E-state index < -0.39 is 0 Å². The topological polar surface area (TPSA) is 15.3 Å². The van der Waals surface area contributed by atoms with Crippen LogP contribution in [0.15, 0.2) is 0 Å². The molecule has 0 aromatic carbocycles. The van der Waals surface area contributed by atoms with Crippen LogP contribution in [-0.4, -0.2) is 37.6 Å². The lowest BCUT2D eigenvalue weighted by molar-refractivity contribution is 0.144. The molecule has 16 heavy (non-hydrogen) atoms. The molecule has 2 unspecified atom stereocenters. The zero-order valence-corrected chi connectivity index (χ0v) is 11.3. The van der Waals surface area contributed by atoms with Gasteiger partial charge in [-0.15, -0.1) is 0 Å². The first-order valence-corrected chi connectivity index (χ1v) is 7.04. The monoisotopic (exact) mass is 224 g/mol. The van der Waals surface area contributed by atoms with Gasteiger partial charge >= 0.3 is 0 Å². The molecule has 2 rings (SSSR count). The van der Waals surface area contributed by atoms with Crippen molar-refractivity contribution >= 4 is 0 Å². The van der Waals surface area contributed by atoms with Gasteiger partial charge in [0, 0.05) is 25.7 Å². The summed E-state index contributed by atoms with van der Waals surface area (Å²) in [6.07, 6.45) is 7.16. The van der Waals surface area contributed by atoms with Gasteiger partial charge in [0.2, 0.25) is 0 Å². The minimum absolute atomic E-state index is 0.590. The van der Waals surface area contributed by atoms with E-state index in [-0.39, 0.29) is 0 Å². The van der Waals surface area contributed by atoms with Crippen LogP contribution < -0.4 is 5.32 Å². The fourth-order valence-electron chi connectivity index (χ4n) is 3.93. The van der Waals surface area contributed by atoms with Crippen LogP contribution >= 0.6 is 0 Å². The van der Waals surface area contributed by atoms with Crippen LogP contribution in [0, 0.1) is 11.3 Å². The number of hydrogen-bond acceptors (Lipinski definition) is 2. The number of hydrogen-bond donors (Lipinski definition) is 1. The largest absolute Gasteiger partial charge is 0.319 e. The van der Waals surface area contributed by atoms with E-state index in [1.54, 1.807) is 0 Å². The van der Waals surface area contributed by atoms with Crippen molar-refractivity contribution in [2.45, 2.75) is 52.0 Å². The molecule has 1 saturated heterocycles. The van der Waals surface area contributed by atoms with Crippen LogP contribution in [0.25, 0.3) is 0 Å². The molecular weight excluding hydrogens is 196 g/mol. The maximum Gasteiger partial charge on any atom is 0.00702 e. The molecule has 2 heteroatoms. The summed E-state index contributed by atoms with van der Waals surface area (Å²) >= 11 is 0. The first-order valence-electron chi connectivity index (χ1n) is 7.04. The number of nitrogens with zero attached hydrogens (tertiary/aromatic N) is 1. The van der Waals surface area contributed by atoms with Crippen LogP contribution in [0.3, 0.4) is 0 Å². The van der Waals surface area contributed by atoms with Gasteiger partial charge in [-0.2, -0.15) is 0 Å². The molecule has 1 N–H and O–H groups in total. The van der Waals surface area contributed by atoms with Gasteiger partial charge in [0.1, 0.15) is 0 Å². The molecule has 0 radical (unpaired) electrons. The van der Waals surface area contributed by atoms with Crippen molar-refractivity contribution < 1.29 is 0 Å². The Labute approximate surface area is 101 Å². The van der Waals surface area contributed by atoms with E-state index in [2.05, 4.69) is 31.1 Å². The SMILES string of the molecule is CNCC1(CN2CC(C)CC2C)CCCC1. The predicted molar refractivity (Wildman–Crippen MR) is 69.6 cm³/mol. The summed E-state index contributed by atoms with van der Waals surface area (Å²) in [5, 5.41) is 3.42. The normalized spacial score (nSPS) is 34.7. The van der Waals surface area contributed by atoms with Crippen LogP contribution in [0.4, 0.5) is 0 Å². The van der Waals surface area contributed by atoms with E-state index in [4.69, 9.17) is 0 Å². The molecule has 94 valence electrons. The van der Waals surface area contributed by atoms with Crippen molar-refractivity contribution in [1.29, 1.82) is 0 Å². The Balaban J connectivity index is 1.95. The minimum Gasteiger partial charge on any atom is -0.319 e. The average molecular weight is 224 g/mol. The van der Waals surface area contributed by atoms with Crippen molar-refractivity contribution in [1.82, 2.24) is 10.2 Å². The van der Waals surface area contributed by atoms with Crippen molar-refractivity contribution in [3.63, 3.8) is 0 Å². The molecule has 2 atom stereocenters. The Kier molecular flexibility index (Phi) is 3.91. The average Bonchev–Trinajstić information content (AvgIpc) is 2.77. The molecule has 0 spiro atoms. The minimum atomic E-state index is 0.590. The summed E-state index contributed by atoms with van der Waals surface area (Å²) in [5.74, 6) is 0.906. The van der Waals surface area contributed by atoms with Crippen molar-refractivity contribution in [3.8, 4) is 0 Å². The maximum absolute atomic E-state index is 3.42. The summed E-state index contributed by atoms with van der Waals surface area (Å²) in [7, 11) is 2.11. The zero-order valence-electron chi connectivity index (χ0n) is 11.3. The molecule has 2 nitrogen and oxygen atoms in total. The van der Waals surface area contributed by atoms with Gasteiger partial charge in [-0.1, -0.05) is 19.8 Å². The number of rotatable bonds is 4. The fraction of sp³-hybridized carbons (Fsp3) is 1.00. The van der Waals surface area contributed by atoms with Gasteiger partial charge in [0.25, 0.3) is 0 Å². The van der Waals surface area contributed by atoms with E-state index in [1.807, 2.05) is 0 Å². The molecule has 0 aromatic heterocycles. The third-order valence-electron chi connectivity index (χ3n) is 4.67. The molecule has 1 saturated carbocycles. The van der Waals surface area contributed by atoms with Gasteiger partial charge in [-0.3, -0.25) is 4.90 Å². The van der Waals surface area contributed by atoms with Crippen LogP contribution in [0.5, 0.6) is 0 Å². The van der Waals surface area contributed by atoms with Crippen LogP contribution in [0.1, 0.15) is 46.0 Å². The number of likely N-dealkylation sites (tertiary alicyclic amines) is 1. The lowest BCUT2D eigenvalue weighted by atomic mass is 9.85. The van der Waals surface area contributed by atoms with Gasteiger partial charge in [-0.05, 0) is 44.6 Å². The molecule has 1 aliphatic carbocycles. The molecule has 1 aliphatic heterocycles. The Morgan fingerprint density at radius 2 is 1.94 bits per heavy atom. The predicted octanol–water partition coefficient (Wildman–Crippen LogP) is 2.50. The van der Waals surface area contributed by atoms with Gasteiger partial charge in [0.05, 0.1) is 0 Å². The Hall–Kier alpha value is -0.0800. The van der Waals surface area contributed by atoms with Crippen molar-refractivity contribution in [2.24, 2.45) is 11.3 Å². The highest BCUT2D eigenvalue weighted by Crippen LogP contribution is 2.40. The zero-order chi connectivity index (χ0) is 11.6. The fourth-order valence-corrected chi connectivity index (χ4v) is 3.93. The summed E-state index contributed by atoms with van der Waals surface area (Å²) < 4.78 is 0. The summed E-state index contributed by atoms with van der Waals surface area (Å²) in [6.45, 7) is 8.68. The van der Waals surface area contributed by atoms with Gasteiger partial charge in [0.15, 0.2) is 0 Å². The highest BCUT2D eigenvalue weighted by atomic mass is 15.2. The third kappa shape index (κ3) is 2.60. The van der Waals surface area contributed by atoms with Crippen LogP contribution in [0.2, 0.25) is 0 Å². The second-order valence-electron chi connectivity index (χ2n) is 6.36. The quantitative estimate of drug-likeness (QED) is 0.789. The van der Waals surface area contributed by atoms with E-state index in [9.17, 15) is 0 Å². The highest BCUT2D eigenvalue weighted by molar-refractivity contribution is 4.92. The second-order valence-corrected chi connectivity index (χ2v) is 6.36.